The zero-order valence-electron chi connectivity index (χ0n) is 12.5. The van der Waals surface area contributed by atoms with Crippen LogP contribution in [0.1, 0.15) is 35.3 Å². The SMILES string of the molecule is CCc1cnc(CNC(C)c2cccc3ccccc23)s1. The minimum atomic E-state index is 0.310. The molecule has 3 aromatic rings. The van der Waals surface area contributed by atoms with Crippen molar-refractivity contribution < 1.29 is 0 Å². The largest absolute Gasteiger partial charge is 0.304 e. The lowest BCUT2D eigenvalue weighted by molar-refractivity contribution is 0.576. The zero-order valence-corrected chi connectivity index (χ0v) is 13.3. The molecule has 1 N–H and O–H groups in total. The monoisotopic (exact) mass is 296 g/mol. The molecule has 3 heteroatoms. The summed E-state index contributed by atoms with van der Waals surface area (Å²) < 4.78 is 0. The second-order valence-corrected chi connectivity index (χ2v) is 6.44. The summed E-state index contributed by atoms with van der Waals surface area (Å²) in [7, 11) is 0. The van der Waals surface area contributed by atoms with E-state index in [-0.39, 0.29) is 0 Å². The molecule has 2 nitrogen and oxygen atoms in total. The summed E-state index contributed by atoms with van der Waals surface area (Å²) in [5.74, 6) is 0. The van der Waals surface area contributed by atoms with Crippen molar-refractivity contribution in [3.05, 3.63) is 64.1 Å². The fourth-order valence-electron chi connectivity index (χ4n) is 2.57. The van der Waals surface area contributed by atoms with E-state index >= 15 is 0 Å². The van der Waals surface area contributed by atoms with E-state index in [2.05, 4.69) is 66.6 Å². The molecule has 0 saturated heterocycles. The standard InChI is InChI=1S/C18H20N2S/c1-3-15-11-20-18(21-15)12-19-13(2)16-10-6-8-14-7-4-5-9-17(14)16/h4-11,13,19H,3,12H2,1-2H3. The Hall–Kier alpha value is -1.71. The highest BCUT2D eigenvalue weighted by Crippen LogP contribution is 2.24. The molecule has 0 aliphatic rings. The molecule has 0 aliphatic carbocycles. The highest BCUT2D eigenvalue weighted by molar-refractivity contribution is 7.11. The third-order valence-electron chi connectivity index (χ3n) is 3.80. The van der Waals surface area contributed by atoms with Crippen LogP contribution < -0.4 is 5.32 Å². The van der Waals surface area contributed by atoms with Crippen LogP contribution in [0.2, 0.25) is 0 Å². The maximum atomic E-state index is 4.47. The van der Waals surface area contributed by atoms with Gasteiger partial charge in [0.05, 0.1) is 0 Å². The number of aryl methyl sites for hydroxylation is 1. The van der Waals surface area contributed by atoms with Gasteiger partial charge in [-0.15, -0.1) is 11.3 Å². The molecule has 3 rings (SSSR count). The van der Waals surface area contributed by atoms with Crippen LogP contribution in [0.3, 0.4) is 0 Å². The van der Waals surface area contributed by atoms with E-state index in [0.717, 1.165) is 13.0 Å². The molecule has 1 unspecified atom stereocenters. The first-order valence-corrected chi connectivity index (χ1v) is 8.24. The van der Waals surface area contributed by atoms with Gasteiger partial charge in [-0.1, -0.05) is 49.4 Å². The van der Waals surface area contributed by atoms with Crippen molar-refractivity contribution in [3.63, 3.8) is 0 Å². The van der Waals surface area contributed by atoms with E-state index < -0.39 is 0 Å². The minimum Gasteiger partial charge on any atom is -0.304 e. The number of benzene rings is 2. The summed E-state index contributed by atoms with van der Waals surface area (Å²) in [5.41, 5.74) is 1.35. The van der Waals surface area contributed by atoms with Gasteiger partial charge in [-0.05, 0) is 29.7 Å². The van der Waals surface area contributed by atoms with Crippen molar-refractivity contribution in [1.82, 2.24) is 10.3 Å². The van der Waals surface area contributed by atoms with E-state index in [4.69, 9.17) is 0 Å². The van der Waals surface area contributed by atoms with Gasteiger partial charge >= 0.3 is 0 Å². The molecule has 0 saturated carbocycles. The maximum Gasteiger partial charge on any atom is 0.107 e. The van der Waals surface area contributed by atoms with Gasteiger partial charge in [-0.3, -0.25) is 0 Å². The number of nitrogens with zero attached hydrogens (tertiary/aromatic N) is 1. The number of fused-ring (bicyclic) bond motifs is 1. The van der Waals surface area contributed by atoms with Gasteiger partial charge in [0.2, 0.25) is 0 Å². The van der Waals surface area contributed by atoms with Crippen molar-refractivity contribution in [2.24, 2.45) is 0 Å². The van der Waals surface area contributed by atoms with Crippen LogP contribution in [-0.2, 0) is 13.0 Å². The van der Waals surface area contributed by atoms with Gasteiger partial charge in [0.25, 0.3) is 0 Å². The lowest BCUT2D eigenvalue weighted by Crippen LogP contribution is -2.18. The van der Waals surface area contributed by atoms with Crippen molar-refractivity contribution in [1.29, 1.82) is 0 Å². The second kappa shape index (κ2) is 6.37. The summed E-state index contributed by atoms with van der Waals surface area (Å²) >= 11 is 1.80. The van der Waals surface area contributed by atoms with Crippen molar-refractivity contribution in [2.75, 3.05) is 0 Å². The molecule has 0 radical (unpaired) electrons. The Morgan fingerprint density at radius 2 is 1.95 bits per heavy atom. The Morgan fingerprint density at radius 3 is 2.76 bits per heavy atom. The van der Waals surface area contributed by atoms with Crippen LogP contribution in [0.4, 0.5) is 0 Å². The first-order valence-electron chi connectivity index (χ1n) is 7.42. The van der Waals surface area contributed by atoms with Crippen LogP contribution in [-0.4, -0.2) is 4.98 Å². The Labute approximate surface area is 129 Å². The number of aromatic nitrogens is 1. The molecule has 0 bridgehead atoms. The van der Waals surface area contributed by atoms with Gasteiger partial charge in [-0.2, -0.15) is 0 Å². The van der Waals surface area contributed by atoms with E-state index in [1.807, 2.05) is 6.20 Å². The molecule has 0 amide bonds. The Morgan fingerprint density at radius 1 is 1.14 bits per heavy atom. The zero-order chi connectivity index (χ0) is 14.7. The number of rotatable bonds is 5. The van der Waals surface area contributed by atoms with Gasteiger partial charge in [0.15, 0.2) is 0 Å². The van der Waals surface area contributed by atoms with Crippen molar-refractivity contribution in [2.45, 2.75) is 32.9 Å². The first-order chi connectivity index (χ1) is 10.3. The summed E-state index contributed by atoms with van der Waals surface area (Å²) in [6.45, 7) is 5.22. The first kappa shape index (κ1) is 14.2. The van der Waals surface area contributed by atoms with E-state index in [1.54, 1.807) is 11.3 Å². The molecule has 0 spiro atoms. The predicted molar refractivity (Wildman–Crippen MR) is 90.7 cm³/mol. The maximum absolute atomic E-state index is 4.47. The summed E-state index contributed by atoms with van der Waals surface area (Å²) in [6, 6.07) is 15.4. The van der Waals surface area contributed by atoms with Gasteiger partial charge in [0, 0.05) is 23.7 Å². The number of thiazole rings is 1. The lowest BCUT2D eigenvalue weighted by atomic mass is 10.00. The third-order valence-corrected chi connectivity index (χ3v) is 4.94. The third kappa shape index (κ3) is 3.14. The van der Waals surface area contributed by atoms with Crippen LogP contribution >= 0.6 is 11.3 Å². The van der Waals surface area contributed by atoms with Crippen molar-refractivity contribution in [3.8, 4) is 0 Å². The molecule has 108 valence electrons. The molecular weight excluding hydrogens is 276 g/mol. The molecule has 0 aliphatic heterocycles. The van der Waals surface area contributed by atoms with Crippen LogP contribution in [0.25, 0.3) is 10.8 Å². The van der Waals surface area contributed by atoms with Gasteiger partial charge < -0.3 is 5.32 Å². The van der Waals surface area contributed by atoms with E-state index in [0.29, 0.717) is 6.04 Å². The highest BCUT2D eigenvalue weighted by atomic mass is 32.1. The normalized spacial score (nSPS) is 12.7. The highest BCUT2D eigenvalue weighted by Gasteiger charge is 2.09. The number of nitrogens with one attached hydrogen (secondary N) is 1. The quantitative estimate of drug-likeness (QED) is 0.737. The Bertz CT molecular complexity index is 727. The number of hydrogen-bond acceptors (Lipinski definition) is 3. The molecule has 2 aromatic carbocycles. The fraction of sp³-hybridized carbons (Fsp3) is 0.278. The summed E-state index contributed by atoms with van der Waals surface area (Å²) in [6.07, 6.45) is 3.06. The Balaban J connectivity index is 1.76. The smallest absolute Gasteiger partial charge is 0.107 e. The average Bonchev–Trinajstić information content (AvgIpc) is 3.00. The molecule has 0 fully saturated rings. The Kier molecular flexibility index (Phi) is 4.32. The number of hydrogen-bond donors (Lipinski definition) is 1. The summed E-state index contributed by atoms with van der Waals surface area (Å²) in [4.78, 5) is 5.82. The van der Waals surface area contributed by atoms with E-state index in [9.17, 15) is 0 Å². The average molecular weight is 296 g/mol. The van der Waals surface area contributed by atoms with Gasteiger partial charge in [-0.25, -0.2) is 4.98 Å². The predicted octanol–water partition coefficient (Wildman–Crippen LogP) is 4.71. The van der Waals surface area contributed by atoms with Crippen molar-refractivity contribution >= 4 is 22.1 Å². The van der Waals surface area contributed by atoms with Crippen LogP contribution in [0.5, 0.6) is 0 Å². The molecule has 1 aromatic heterocycles. The molecule has 1 atom stereocenters. The second-order valence-electron chi connectivity index (χ2n) is 5.24. The lowest BCUT2D eigenvalue weighted by Gasteiger charge is -2.15. The fourth-order valence-corrected chi connectivity index (χ4v) is 3.38. The topological polar surface area (TPSA) is 24.9 Å². The van der Waals surface area contributed by atoms with E-state index in [1.165, 1.54) is 26.2 Å². The molecular formula is C18H20N2S. The minimum absolute atomic E-state index is 0.310. The summed E-state index contributed by atoms with van der Waals surface area (Å²) in [5, 5.41) is 7.38. The van der Waals surface area contributed by atoms with Gasteiger partial charge in [0.1, 0.15) is 5.01 Å². The van der Waals surface area contributed by atoms with Crippen LogP contribution in [0.15, 0.2) is 48.7 Å². The molecule has 1 heterocycles. The molecule has 21 heavy (non-hydrogen) atoms. The van der Waals surface area contributed by atoms with Crippen LogP contribution in [0, 0.1) is 0 Å².